The van der Waals surface area contributed by atoms with Gasteiger partial charge in [-0.15, -0.1) is 0 Å². The van der Waals surface area contributed by atoms with Gasteiger partial charge in [-0.2, -0.15) is 0 Å². The highest BCUT2D eigenvalue weighted by atomic mass is 16.4. The number of hydrogen-bond acceptors (Lipinski definition) is 2. The highest BCUT2D eigenvalue weighted by molar-refractivity contribution is 6.01. The average molecular weight is 334 g/mol. The molecule has 25 heavy (non-hydrogen) atoms. The van der Waals surface area contributed by atoms with Gasteiger partial charge in [-0.1, -0.05) is 36.4 Å². The van der Waals surface area contributed by atoms with Crippen molar-refractivity contribution in [2.24, 2.45) is 0 Å². The molecule has 1 atom stereocenters. The van der Waals surface area contributed by atoms with Crippen LogP contribution in [0.25, 0.3) is 10.9 Å². The summed E-state index contributed by atoms with van der Waals surface area (Å²) in [6, 6.07) is 15.3. The van der Waals surface area contributed by atoms with Crippen LogP contribution >= 0.6 is 0 Å². The molecule has 0 radical (unpaired) electrons. The largest absolute Gasteiger partial charge is 0.481 e. The molecule has 0 spiro atoms. The number of rotatable bonds is 4. The molecule has 0 bridgehead atoms. The van der Waals surface area contributed by atoms with Crippen LogP contribution in [0, 0.1) is 6.92 Å². The Labute approximate surface area is 144 Å². The fourth-order valence-electron chi connectivity index (χ4n) is 3.78. The van der Waals surface area contributed by atoms with Gasteiger partial charge < -0.3 is 15.0 Å². The first-order valence-corrected chi connectivity index (χ1v) is 8.27. The van der Waals surface area contributed by atoms with Crippen LogP contribution in [0.2, 0.25) is 0 Å². The van der Waals surface area contributed by atoms with E-state index >= 15 is 0 Å². The summed E-state index contributed by atoms with van der Waals surface area (Å²) in [4.78, 5) is 29.0. The second kappa shape index (κ2) is 5.77. The maximum Gasteiger partial charge on any atom is 0.305 e. The third-order valence-electron chi connectivity index (χ3n) is 4.84. The maximum absolute atomic E-state index is 12.9. The lowest BCUT2D eigenvalue weighted by Crippen LogP contribution is -2.31. The Morgan fingerprint density at radius 2 is 1.88 bits per heavy atom. The van der Waals surface area contributed by atoms with E-state index in [4.69, 9.17) is 5.11 Å². The molecule has 3 aromatic rings. The van der Waals surface area contributed by atoms with Crippen LogP contribution in [-0.2, 0) is 4.79 Å². The standard InChI is InChI=1S/C20H18N2O3/c1-12-18(15-8-4-5-9-16(15)21-12)19-13-6-2-3-7-14(13)20(25)22(19)11-10-17(23)24/h2-9,19,21H,10-11H2,1H3,(H,23,24)/t19-/m1/s1. The first-order valence-electron chi connectivity index (χ1n) is 8.27. The molecule has 0 saturated heterocycles. The van der Waals surface area contributed by atoms with Crippen molar-refractivity contribution in [3.05, 3.63) is 70.9 Å². The predicted octanol–water partition coefficient (Wildman–Crippen LogP) is 3.50. The quantitative estimate of drug-likeness (QED) is 0.767. The highest BCUT2D eigenvalue weighted by Crippen LogP contribution is 2.42. The van der Waals surface area contributed by atoms with Gasteiger partial charge in [0, 0.05) is 34.3 Å². The normalized spacial score (nSPS) is 16.4. The summed E-state index contributed by atoms with van der Waals surface area (Å²) in [6.07, 6.45) is -0.0718. The van der Waals surface area contributed by atoms with Crippen LogP contribution in [0.4, 0.5) is 0 Å². The van der Waals surface area contributed by atoms with E-state index in [1.54, 1.807) is 4.90 Å². The van der Waals surface area contributed by atoms with E-state index in [0.29, 0.717) is 5.56 Å². The zero-order chi connectivity index (χ0) is 17.6. The molecule has 2 heterocycles. The average Bonchev–Trinajstić information content (AvgIpc) is 3.07. The van der Waals surface area contributed by atoms with Gasteiger partial charge in [0.2, 0.25) is 0 Å². The van der Waals surface area contributed by atoms with E-state index in [1.807, 2.05) is 55.5 Å². The molecule has 2 aromatic carbocycles. The van der Waals surface area contributed by atoms with Crippen molar-refractivity contribution in [1.82, 2.24) is 9.88 Å². The van der Waals surface area contributed by atoms with Gasteiger partial charge >= 0.3 is 5.97 Å². The number of aromatic nitrogens is 1. The zero-order valence-corrected chi connectivity index (χ0v) is 13.8. The van der Waals surface area contributed by atoms with E-state index in [-0.39, 0.29) is 24.9 Å². The van der Waals surface area contributed by atoms with Crippen LogP contribution in [-0.4, -0.2) is 33.4 Å². The molecular weight excluding hydrogens is 316 g/mol. The van der Waals surface area contributed by atoms with Crippen molar-refractivity contribution >= 4 is 22.8 Å². The van der Waals surface area contributed by atoms with Gasteiger partial charge in [0.25, 0.3) is 5.91 Å². The SMILES string of the molecule is Cc1[nH]c2ccccc2c1[C@H]1c2ccccc2C(=O)N1CCC(=O)O. The number of benzene rings is 2. The lowest BCUT2D eigenvalue weighted by atomic mass is 9.95. The third kappa shape index (κ3) is 2.39. The summed E-state index contributed by atoms with van der Waals surface area (Å²) in [5.74, 6) is -1.01. The van der Waals surface area contributed by atoms with Gasteiger partial charge in [-0.25, -0.2) is 0 Å². The van der Waals surface area contributed by atoms with E-state index in [9.17, 15) is 9.59 Å². The summed E-state index contributed by atoms with van der Waals surface area (Å²) in [5, 5.41) is 10.1. The summed E-state index contributed by atoms with van der Waals surface area (Å²) in [6.45, 7) is 2.18. The Morgan fingerprint density at radius 1 is 1.16 bits per heavy atom. The molecule has 1 aliphatic rings. The van der Waals surface area contributed by atoms with E-state index in [2.05, 4.69) is 4.98 Å². The molecule has 1 aliphatic heterocycles. The topological polar surface area (TPSA) is 73.4 Å². The monoisotopic (exact) mass is 334 g/mol. The second-order valence-corrected chi connectivity index (χ2v) is 6.34. The van der Waals surface area contributed by atoms with Crippen LogP contribution < -0.4 is 0 Å². The molecule has 1 aromatic heterocycles. The molecule has 126 valence electrons. The van der Waals surface area contributed by atoms with Gasteiger partial charge in [-0.05, 0) is 24.6 Å². The second-order valence-electron chi connectivity index (χ2n) is 6.34. The van der Waals surface area contributed by atoms with Crippen molar-refractivity contribution in [2.75, 3.05) is 6.54 Å². The molecule has 2 N–H and O–H groups in total. The van der Waals surface area contributed by atoms with Gasteiger partial charge in [-0.3, -0.25) is 9.59 Å². The zero-order valence-electron chi connectivity index (χ0n) is 13.8. The number of carbonyl (C=O) groups excluding carboxylic acids is 1. The van der Waals surface area contributed by atoms with Crippen molar-refractivity contribution in [3.63, 3.8) is 0 Å². The molecule has 0 aliphatic carbocycles. The number of para-hydroxylation sites is 1. The molecule has 1 amide bonds. The summed E-state index contributed by atoms with van der Waals surface area (Å²) < 4.78 is 0. The highest BCUT2D eigenvalue weighted by Gasteiger charge is 2.39. The number of hydrogen-bond donors (Lipinski definition) is 2. The number of carbonyl (C=O) groups is 2. The van der Waals surface area contributed by atoms with Crippen molar-refractivity contribution in [1.29, 1.82) is 0 Å². The van der Waals surface area contributed by atoms with Crippen molar-refractivity contribution < 1.29 is 14.7 Å². The minimum absolute atomic E-state index is 0.0718. The first kappa shape index (κ1) is 15.4. The minimum atomic E-state index is -0.904. The Balaban J connectivity index is 1.90. The van der Waals surface area contributed by atoms with Gasteiger partial charge in [0.1, 0.15) is 0 Å². The van der Waals surface area contributed by atoms with E-state index in [0.717, 1.165) is 27.7 Å². The molecular formula is C20H18N2O3. The lowest BCUT2D eigenvalue weighted by Gasteiger charge is -2.25. The number of fused-ring (bicyclic) bond motifs is 2. The number of aromatic amines is 1. The molecule has 4 rings (SSSR count). The predicted molar refractivity (Wildman–Crippen MR) is 94.6 cm³/mol. The maximum atomic E-state index is 12.9. The first-order chi connectivity index (χ1) is 12.1. The Morgan fingerprint density at radius 3 is 2.68 bits per heavy atom. The number of aryl methyl sites for hydroxylation is 1. The summed E-state index contributed by atoms with van der Waals surface area (Å²) in [5.41, 5.74) is 4.65. The summed E-state index contributed by atoms with van der Waals surface area (Å²) >= 11 is 0. The minimum Gasteiger partial charge on any atom is -0.481 e. The van der Waals surface area contributed by atoms with Gasteiger partial charge in [0.15, 0.2) is 0 Å². The fraction of sp³-hybridized carbons (Fsp3) is 0.200. The smallest absolute Gasteiger partial charge is 0.305 e. The molecule has 0 unspecified atom stereocenters. The van der Waals surface area contributed by atoms with Crippen LogP contribution in [0.15, 0.2) is 48.5 Å². The molecule has 0 fully saturated rings. The van der Waals surface area contributed by atoms with Crippen LogP contribution in [0.1, 0.15) is 39.6 Å². The molecule has 5 heteroatoms. The number of nitrogens with one attached hydrogen (secondary N) is 1. The van der Waals surface area contributed by atoms with E-state index < -0.39 is 5.97 Å². The van der Waals surface area contributed by atoms with Crippen LogP contribution in [0.5, 0.6) is 0 Å². The fourth-order valence-corrected chi connectivity index (χ4v) is 3.78. The van der Waals surface area contributed by atoms with Crippen molar-refractivity contribution in [3.8, 4) is 0 Å². The Kier molecular flexibility index (Phi) is 3.57. The van der Waals surface area contributed by atoms with E-state index in [1.165, 1.54) is 0 Å². The van der Waals surface area contributed by atoms with Crippen molar-refractivity contribution in [2.45, 2.75) is 19.4 Å². The van der Waals surface area contributed by atoms with Crippen LogP contribution in [0.3, 0.4) is 0 Å². The lowest BCUT2D eigenvalue weighted by molar-refractivity contribution is -0.137. The Bertz CT molecular complexity index is 990. The number of nitrogens with zero attached hydrogens (tertiary/aromatic N) is 1. The number of aliphatic carboxylic acids is 1. The number of carboxylic acid groups (broad SMARTS) is 1. The Hall–Kier alpha value is -3.08. The summed E-state index contributed by atoms with van der Waals surface area (Å²) in [7, 11) is 0. The number of H-pyrrole nitrogens is 1. The number of amides is 1. The van der Waals surface area contributed by atoms with Gasteiger partial charge in [0.05, 0.1) is 12.5 Å². The third-order valence-corrected chi connectivity index (χ3v) is 4.84. The molecule has 0 saturated carbocycles. The molecule has 5 nitrogen and oxygen atoms in total. The number of carboxylic acids is 1.